The number of carbonyl (C=O) groups is 1. The van der Waals surface area contributed by atoms with Gasteiger partial charge in [-0.25, -0.2) is 4.39 Å². The molecule has 0 bridgehead atoms. The molecule has 1 heterocycles. The zero-order chi connectivity index (χ0) is 9.42. The third kappa shape index (κ3) is 1.19. The predicted octanol–water partition coefficient (Wildman–Crippen LogP) is 0.728. The van der Waals surface area contributed by atoms with Crippen LogP contribution in [-0.4, -0.2) is 18.4 Å². The van der Waals surface area contributed by atoms with E-state index >= 15 is 0 Å². The Morgan fingerprint density at radius 3 is 3.08 bits per heavy atom. The van der Waals surface area contributed by atoms with Gasteiger partial charge in [-0.3, -0.25) is 4.79 Å². The minimum atomic E-state index is -0.672. The summed E-state index contributed by atoms with van der Waals surface area (Å²) >= 11 is 0. The fourth-order valence-corrected chi connectivity index (χ4v) is 1.30. The summed E-state index contributed by atoms with van der Waals surface area (Å²) in [6.07, 6.45) is 0. The van der Waals surface area contributed by atoms with Gasteiger partial charge in [-0.1, -0.05) is 6.07 Å². The Kier molecular flexibility index (Phi) is 1.77. The fraction of sp³-hybridized carbons (Fsp3) is 0.222. The number of nitrogens with two attached hydrogens (primary N) is 1. The Bertz CT molecular complexity index is 365. The lowest BCUT2D eigenvalue weighted by Gasteiger charge is -2.21. The highest BCUT2D eigenvalue weighted by atomic mass is 19.1. The van der Waals surface area contributed by atoms with Gasteiger partial charge in [0.15, 0.2) is 17.3 Å². The number of halogens is 1. The molecule has 1 atom stereocenters. The van der Waals surface area contributed by atoms with Gasteiger partial charge in [0.1, 0.15) is 12.6 Å². The molecule has 0 spiro atoms. The normalized spacial score (nSPS) is 20.8. The molecule has 0 amide bonds. The van der Waals surface area contributed by atoms with E-state index in [9.17, 15) is 9.18 Å². The molecule has 0 saturated carbocycles. The molecule has 13 heavy (non-hydrogen) atoms. The van der Waals surface area contributed by atoms with E-state index in [4.69, 9.17) is 10.5 Å². The van der Waals surface area contributed by atoms with E-state index in [-0.39, 0.29) is 23.7 Å². The molecule has 4 heteroatoms. The van der Waals surface area contributed by atoms with Crippen molar-refractivity contribution in [2.45, 2.75) is 6.04 Å². The van der Waals surface area contributed by atoms with Crippen LogP contribution in [0.15, 0.2) is 18.2 Å². The van der Waals surface area contributed by atoms with Crippen LogP contribution in [0.25, 0.3) is 0 Å². The average molecular weight is 181 g/mol. The SMILES string of the molecule is NC1COc2c(F)cccc2C1=O. The second-order valence-corrected chi connectivity index (χ2v) is 2.90. The maximum absolute atomic E-state index is 13.1. The first kappa shape index (κ1) is 8.19. The van der Waals surface area contributed by atoms with Gasteiger partial charge in [0, 0.05) is 0 Å². The molecule has 1 unspecified atom stereocenters. The lowest BCUT2D eigenvalue weighted by Crippen LogP contribution is -2.40. The van der Waals surface area contributed by atoms with Crippen molar-refractivity contribution in [2.24, 2.45) is 5.73 Å². The Morgan fingerprint density at radius 2 is 2.31 bits per heavy atom. The monoisotopic (exact) mass is 181 g/mol. The second kappa shape index (κ2) is 2.81. The number of rotatable bonds is 0. The molecule has 1 aliphatic heterocycles. The Balaban J connectivity index is 2.55. The van der Waals surface area contributed by atoms with Crippen LogP contribution < -0.4 is 10.5 Å². The highest BCUT2D eigenvalue weighted by Gasteiger charge is 2.27. The molecular formula is C9H8FNO2. The van der Waals surface area contributed by atoms with Gasteiger partial charge in [0.2, 0.25) is 0 Å². The van der Waals surface area contributed by atoms with E-state index in [0.717, 1.165) is 0 Å². The van der Waals surface area contributed by atoms with E-state index in [1.54, 1.807) is 0 Å². The number of para-hydroxylation sites is 1. The summed E-state index contributed by atoms with van der Waals surface area (Å²) in [7, 11) is 0. The van der Waals surface area contributed by atoms with Crippen LogP contribution in [0.1, 0.15) is 10.4 Å². The van der Waals surface area contributed by atoms with Crippen LogP contribution in [0.2, 0.25) is 0 Å². The van der Waals surface area contributed by atoms with E-state index in [0.29, 0.717) is 0 Å². The van der Waals surface area contributed by atoms with Crippen LogP contribution in [0, 0.1) is 5.82 Å². The fourth-order valence-electron chi connectivity index (χ4n) is 1.30. The van der Waals surface area contributed by atoms with Crippen molar-refractivity contribution in [3.8, 4) is 5.75 Å². The third-order valence-electron chi connectivity index (χ3n) is 1.98. The van der Waals surface area contributed by atoms with Crippen LogP contribution in [0.5, 0.6) is 5.75 Å². The number of ether oxygens (including phenoxy) is 1. The van der Waals surface area contributed by atoms with Crippen molar-refractivity contribution in [3.63, 3.8) is 0 Å². The van der Waals surface area contributed by atoms with Crippen molar-refractivity contribution in [1.82, 2.24) is 0 Å². The topological polar surface area (TPSA) is 52.3 Å². The molecule has 0 radical (unpaired) electrons. The summed E-state index contributed by atoms with van der Waals surface area (Å²) in [4.78, 5) is 11.4. The van der Waals surface area contributed by atoms with Crippen molar-refractivity contribution >= 4 is 5.78 Å². The lowest BCUT2D eigenvalue weighted by molar-refractivity contribution is 0.0895. The number of hydrogen-bond acceptors (Lipinski definition) is 3. The van der Waals surface area contributed by atoms with Gasteiger partial charge in [0.05, 0.1) is 5.56 Å². The number of Topliss-reactive ketones (excluding diaryl/α,β-unsaturated/α-hetero) is 1. The van der Waals surface area contributed by atoms with Gasteiger partial charge in [-0.05, 0) is 12.1 Å². The summed E-state index contributed by atoms with van der Waals surface area (Å²) < 4.78 is 18.1. The van der Waals surface area contributed by atoms with E-state index in [1.807, 2.05) is 0 Å². The minimum Gasteiger partial charge on any atom is -0.488 e. The zero-order valence-electron chi connectivity index (χ0n) is 6.79. The van der Waals surface area contributed by atoms with Gasteiger partial charge in [-0.2, -0.15) is 0 Å². The molecule has 3 nitrogen and oxygen atoms in total. The first-order chi connectivity index (χ1) is 6.20. The van der Waals surface area contributed by atoms with Crippen LogP contribution >= 0.6 is 0 Å². The largest absolute Gasteiger partial charge is 0.488 e. The molecule has 68 valence electrons. The molecule has 0 aromatic heterocycles. The van der Waals surface area contributed by atoms with Gasteiger partial charge in [-0.15, -0.1) is 0 Å². The Hall–Kier alpha value is -1.42. The molecule has 0 saturated heterocycles. The number of carbonyl (C=O) groups excluding carboxylic acids is 1. The molecule has 0 fully saturated rings. The minimum absolute atomic E-state index is 0.0224. The molecule has 0 aliphatic carbocycles. The standard InChI is InChI=1S/C9H8FNO2/c10-6-3-1-2-5-8(12)7(11)4-13-9(5)6/h1-3,7H,4,11H2. The first-order valence-electron chi connectivity index (χ1n) is 3.91. The molecule has 2 N–H and O–H groups in total. The van der Waals surface area contributed by atoms with E-state index in [2.05, 4.69) is 0 Å². The van der Waals surface area contributed by atoms with Crippen LogP contribution in [0.3, 0.4) is 0 Å². The van der Waals surface area contributed by atoms with Crippen LogP contribution in [0.4, 0.5) is 4.39 Å². The molecule has 1 aromatic carbocycles. The second-order valence-electron chi connectivity index (χ2n) is 2.90. The maximum atomic E-state index is 13.1. The smallest absolute Gasteiger partial charge is 0.186 e. The quantitative estimate of drug-likeness (QED) is 0.641. The number of fused-ring (bicyclic) bond motifs is 1. The van der Waals surface area contributed by atoms with E-state index in [1.165, 1.54) is 18.2 Å². The zero-order valence-corrected chi connectivity index (χ0v) is 6.79. The predicted molar refractivity (Wildman–Crippen MR) is 44.2 cm³/mol. The van der Waals surface area contributed by atoms with Crippen molar-refractivity contribution < 1.29 is 13.9 Å². The first-order valence-corrected chi connectivity index (χ1v) is 3.91. The van der Waals surface area contributed by atoms with Gasteiger partial charge >= 0.3 is 0 Å². The highest BCUT2D eigenvalue weighted by molar-refractivity contribution is 6.03. The summed E-state index contributed by atoms with van der Waals surface area (Å²) in [6.45, 7) is 0.0484. The van der Waals surface area contributed by atoms with E-state index < -0.39 is 11.9 Å². The molecular weight excluding hydrogens is 173 g/mol. The Morgan fingerprint density at radius 1 is 1.54 bits per heavy atom. The lowest BCUT2D eigenvalue weighted by atomic mass is 10.0. The van der Waals surface area contributed by atoms with Crippen molar-refractivity contribution in [1.29, 1.82) is 0 Å². The number of ketones is 1. The molecule has 1 aromatic rings. The maximum Gasteiger partial charge on any atom is 0.186 e. The van der Waals surface area contributed by atoms with Gasteiger partial charge < -0.3 is 10.5 Å². The number of benzene rings is 1. The molecule has 1 aliphatic rings. The summed E-state index contributed by atoms with van der Waals surface area (Å²) in [5.41, 5.74) is 5.68. The summed E-state index contributed by atoms with van der Waals surface area (Å²) in [5.74, 6) is -0.757. The van der Waals surface area contributed by atoms with Crippen molar-refractivity contribution in [3.05, 3.63) is 29.6 Å². The summed E-state index contributed by atoms with van der Waals surface area (Å²) in [5, 5.41) is 0. The highest BCUT2D eigenvalue weighted by Crippen LogP contribution is 2.26. The number of hydrogen-bond donors (Lipinski definition) is 1. The Labute approximate surface area is 74.3 Å². The van der Waals surface area contributed by atoms with Crippen molar-refractivity contribution in [2.75, 3.05) is 6.61 Å². The van der Waals surface area contributed by atoms with Crippen LogP contribution in [-0.2, 0) is 0 Å². The summed E-state index contributed by atoms with van der Waals surface area (Å²) in [6, 6.07) is 3.56. The average Bonchev–Trinajstić information content (AvgIpc) is 2.12. The molecule has 2 rings (SSSR count). The third-order valence-corrected chi connectivity index (χ3v) is 1.98. The van der Waals surface area contributed by atoms with Gasteiger partial charge in [0.25, 0.3) is 0 Å².